The predicted molar refractivity (Wildman–Crippen MR) is 76.5 cm³/mol. The van der Waals surface area contributed by atoms with E-state index in [0.717, 1.165) is 35.6 Å². The van der Waals surface area contributed by atoms with Gasteiger partial charge < -0.3 is 10.1 Å². The average Bonchev–Trinajstić information content (AvgIpc) is 2.40. The third kappa shape index (κ3) is 3.19. The maximum absolute atomic E-state index is 12.2. The zero-order chi connectivity index (χ0) is 13.0. The van der Waals surface area contributed by atoms with Crippen LogP contribution < -0.4 is 10.1 Å². The fourth-order valence-electron chi connectivity index (χ4n) is 2.08. The molecule has 0 aliphatic carbocycles. The van der Waals surface area contributed by atoms with E-state index in [4.69, 9.17) is 4.74 Å². The number of ether oxygens (including phenoxy) is 1. The molecule has 1 aliphatic heterocycles. The SMILES string of the molecule is COc1ccc(C)cc1NC(=O)C1CCCCS1. The van der Waals surface area contributed by atoms with Crippen LogP contribution in [0, 0.1) is 6.92 Å². The van der Waals surface area contributed by atoms with E-state index in [1.807, 2.05) is 25.1 Å². The van der Waals surface area contributed by atoms with E-state index in [2.05, 4.69) is 5.32 Å². The van der Waals surface area contributed by atoms with Crippen LogP contribution in [0.2, 0.25) is 0 Å². The van der Waals surface area contributed by atoms with E-state index in [-0.39, 0.29) is 11.2 Å². The van der Waals surface area contributed by atoms with Crippen molar-refractivity contribution >= 4 is 23.4 Å². The van der Waals surface area contributed by atoms with Crippen LogP contribution in [-0.4, -0.2) is 24.0 Å². The molecular formula is C14H19NO2S. The van der Waals surface area contributed by atoms with Gasteiger partial charge in [-0.25, -0.2) is 0 Å². The van der Waals surface area contributed by atoms with Gasteiger partial charge in [0, 0.05) is 0 Å². The highest BCUT2D eigenvalue weighted by Gasteiger charge is 2.22. The molecule has 0 radical (unpaired) electrons. The van der Waals surface area contributed by atoms with Crippen LogP contribution >= 0.6 is 11.8 Å². The molecule has 1 heterocycles. The van der Waals surface area contributed by atoms with Crippen LogP contribution in [-0.2, 0) is 4.79 Å². The van der Waals surface area contributed by atoms with E-state index in [1.165, 1.54) is 6.42 Å². The number of methoxy groups -OCH3 is 1. The summed E-state index contributed by atoms with van der Waals surface area (Å²) in [6.07, 6.45) is 3.35. The molecular weight excluding hydrogens is 246 g/mol. The Kier molecular flexibility index (Phi) is 4.53. The normalized spacial score (nSPS) is 19.3. The Balaban J connectivity index is 2.07. The molecule has 3 nitrogen and oxygen atoms in total. The highest BCUT2D eigenvalue weighted by molar-refractivity contribution is 8.00. The lowest BCUT2D eigenvalue weighted by molar-refractivity contribution is -0.115. The van der Waals surface area contributed by atoms with Gasteiger partial charge in [-0.15, -0.1) is 11.8 Å². The second-order valence-corrected chi connectivity index (χ2v) is 5.86. The smallest absolute Gasteiger partial charge is 0.237 e. The number of hydrogen-bond acceptors (Lipinski definition) is 3. The zero-order valence-electron chi connectivity index (χ0n) is 10.9. The lowest BCUT2D eigenvalue weighted by Crippen LogP contribution is -2.27. The van der Waals surface area contributed by atoms with Crippen molar-refractivity contribution in [3.63, 3.8) is 0 Å². The Morgan fingerprint density at radius 1 is 1.44 bits per heavy atom. The minimum atomic E-state index is 0.0870. The lowest BCUT2D eigenvalue weighted by atomic mass is 10.1. The van der Waals surface area contributed by atoms with Gasteiger partial charge >= 0.3 is 0 Å². The van der Waals surface area contributed by atoms with Gasteiger partial charge in [-0.05, 0) is 43.2 Å². The zero-order valence-corrected chi connectivity index (χ0v) is 11.7. The summed E-state index contributed by atoms with van der Waals surface area (Å²) in [5.74, 6) is 1.90. The molecule has 0 saturated carbocycles. The molecule has 18 heavy (non-hydrogen) atoms. The number of hydrogen-bond donors (Lipinski definition) is 1. The molecule has 0 spiro atoms. The van der Waals surface area contributed by atoms with Gasteiger partial charge in [-0.2, -0.15) is 0 Å². The summed E-state index contributed by atoms with van der Waals surface area (Å²) in [5.41, 5.74) is 1.89. The highest BCUT2D eigenvalue weighted by atomic mass is 32.2. The fraction of sp³-hybridized carbons (Fsp3) is 0.500. The van der Waals surface area contributed by atoms with Gasteiger partial charge in [0.05, 0.1) is 18.0 Å². The van der Waals surface area contributed by atoms with Crippen LogP contribution in [0.4, 0.5) is 5.69 Å². The Labute approximate surface area is 112 Å². The van der Waals surface area contributed by atoms with Crippen LogP contribution in [0.5, 0.6) is 5.75 Å². The largest absolute Gasteiger partial charge is 0.495 e. The van der Waals surface area contributed by atoms with Gasteiger partial charge in [0.1, 0.15) is 5.75 Å². The third-order valence-electron chi connectivity index (χ3n) is 3.08. The van der Waals surface area contributed by atoms with Crippen LogP contribution in [0.15, 0.2) is 18.2 Å². The monoisotopic (exact) mass is 265 g/mol. The molecule has 1 saturated heterocycles. The maximum atomic E-state index is 12.2. The number of anilines is 1. The molecule has 0 aromatic heterocycles. The maximum Gasteiger partial charge on any atom is 0.237 e. The van der Waals surface area contributed by atoms with E-state index in [1.54, 1.807) is 18.9 Å². The average molecular weight is 265 g/mol. The number of carbonyl (C=O) groups is 1. The van der Waals surface area contributed by atoms with Crippen molar-refractivity contribution < 1.29 is 9.53 Å². The quantitative estimate of drug-likeness (QED) is 0.912. The van der Waals surface area contributed by atoms with Gasteiger partial charge in [-0.3, -0.25) is 4.79 Å². The molecule has 1 aromatic rings. The molecule has 1 aromatic carbocycles. The second kappa shape index (κ2) is 6.14. The topological polar surface area (TPSA) is 38.3 Å². The third-order valence-corrected chi connectivity index (χ3v) is 4.46. The van der Waals surface area contributed by atoms with Gasteiger partial charge in [0.25, 0.3) is 0 Å². The van der Waals surface area contributed by atoms with E-state index >= 15 is 0 Å². The van der Waals surface area contributed by atoms with Gasteiger partial charge in [0.15, 0.2) is 0 Å². The minimum Gasteiger partial charge on any atom is -0.495 e. The number of amides is 1. The van der Waals surface area contributed by atoms with Gasteiger partial charge in [0.2, 0.25) is 5.91 Å². The Morgan fingerprint density at radius 3 is 2.94 bits per heavy atom. The van der Waals surface area contributed by atoms with Gasteiger partial charge in [-0.1, -0.05) is 12.5 Å². The standard InChI is InChI=1S/C14H19NO2S/c1-10-6-7-12(17-2)11(9-10)15-14(16)13-5-3-4-8-18-13/h6-7,9,13H,3-5,8H2,1-2H3,(H,15,16). The molecule has 4 heteroatoms. The summed E-state index contributed by atoms with van der Waals surface area (Å²) < 4.78 is 5.27. The second-order valence-electron chi connectivity index (χ2n) is 4.55. The first-order valence-corrected chi connectivity index (χ1v) is 7.32. The Bertz CT molecular complexity index is 428. The van der Waals surface area contributed by atoms with Crippen LogP contribution in [0.3, 0.4) is 0 Å². The molecule has 0 bridgehead atoms. The minimum absolute atomic E-state index is 0.0870. The molecule has 1 N–H and O–H groups in total. The number of thioether (sulfide) groups is 1. The molecule has 1 fully saturated rings. The van der Waals surface area contributed by atoms with Crippen molar-refractivity contribution in [1.29, 1.82) is 0 Å². The first-order valence-electron chi connectivity index (χ1n) is 6.28. The molecule has 2 rings (SSSR count). The number of carbonyl (C=O) groups excluding carboxylic acids is 1. The van der Waals surface area contributed by atoms with Crippen molar-refractivity contribution in [3.05, 3.63) is 23.8 Å². The number of benzene rings is 1. The molecule has 1 atom stereocenters. The molecule has 1 unspecified atom stereocenters. The number of rotatable bonds is 3. The van der Waals surface area contributed by atoms with Crippen LogP contribution in [0.25, 0.3) is 0 Å². The Morgan fingerprint density at radius 2 is 2.28 bits per heavy atom. The van der Waals surface area contributed by atoms with E-state index in [0.29, 0.717) is 0 Å². The van der Waals surface area contributed by atoms with Crippen molar-refractivity contribution in [2.45, 2.75) is 31.4 Å². The molecule has 1 aliphatic rings. The first kappa shape index (κ1) is 13.3. The van der Waals surface area contributed by atoms with Crippen molar-refractivity contribution in [2.24, 2.45) is 0 Å². The summed E-state index contributed by atoms with van der Waals surface area (Å²) >= 11 is 1.76. The predicted octanol–water partition coefficient (Wildman–Crippen LogP) is 3.23. The fourth-order valence-corrected chi connectivity index (χ4v) is 3.28. The van der Waals surface area contributed by atoms with Crippen molar-refractivity contribution in [3.8, 4) is 5.75 Å². The first-order chi connectivity index (χ1) is 8.70. The summed E-state index contributed by atoms with van der Waals surface area (Å²) in [5, 5.41) is 3.07. The van der Waals surface area contributed by atoms with Crippen LogP contribution in [0.1, 0.15) is 24.8 Å². The lowest BCUT2D eigenvalue weighted by Gasteiger charge is -2.21. The highest BCUT2D eigenvalue weighted by Crippen LogP contribution is 2.29. The number of nitrogens with one attached hydrogen (secondary N) is 1. The van der Waals surface area contributed by atoms with Crippen molar-refractivity contribution in [1.82, 2.24) is 0 Å². The summed E-state index contributed by atoms with van der Waals surface area (Å²) in [6.45, 7) is 2.00. The van der Waals surface area contributed by atoms with Crippen molar-refractivity contribution in [2.75, 3.05) is 18.2 Å². The Hall–Kier alpha value is -1.16. The number of aryl methyl sites for hydroxylation is 1. The molecule has 1 amide bonds. The summed E-state index contributed by atoms with van der Waals surface area (Å²) in [4.78, 5) is 12.2. The van der Waals surface area contributed by atoms with E-state index in [9.17, 15) is 4.79 Å². The molecule has 98 valence electrons. The summed E-state index contributed by atoms with van der Waals surface area (Å²) in [6, 6.07) is 5.81. The summed E-state index contributed by atoms with van der Waals surface area (Å²) in [7, 11) is 1.62. The van der Waals surface area contributed by atoms with E-state index < -0.39 is 0 Å².